The molecule has 110 valence electrons. The summed E-state index contributed by atoms with van der Waals surface area (Å²) in [5.41, 5.74) is -0.270. The maximum atomic E-state index is 13.6. The standard InChI is InChI=1S/C14H18F2N2O2/c1-2-8-20-10-4-3-7-18(9-10)14(19)11-5-6-17-13(16)12(11)15/h5-6,10H,2-4,7-9H2,1H3. The zero-order chi connectivity index (χ0) is 14.5. The van der Waals surface area contributed by atoms with Gasteiger partial charge in [0, 0.05) is 25.9 Å². The Hall–Kier alpha value is -1.56. The number of hydrogen-bond acceptors (Lipinski definition) is 3. The average molecular weight is 284 g/mol. The highest BCUT2D eigenvalue weighted by Crippen LogP contribution is 2.18. The predicted octanol–water partition coefficient (Wildman–Crippen LogP) is 2.39. The first-order valence-corrected chi connectivity index (χ1v) is 6.84. The van der Waals surface area contributed by atoms with E-state index in [0.29, 0.717) is 19.7 Å². The molecule has 1 amide bonds. The topological polar surface area (TPSA) is 42.4 Å². The van der Waals surface area contributed by atoms with Gasteiger partial charge < -0.3 is 9.64 Å². The molecule has 20 heavy (non-hydrogen) atoms. The molecule has 0 radical (unpaired) electrons. The zero-order valence-corrected chi connectivity index (χ0v) is 11.4. The maximum Gasteiger partial charge on any atom is 0.257 e. The van der Waals surface area contributed by atoms with Crippen molar-refractivity contribution in [3.63, 3.8) is 0 Å². The number of nitrogens with zero attached hydrogens (tertiary/aromatic N) is 2. The van der Waals surface area contributed by atoms with Crippen molar-refractivity contribution in [2.24, 2.45) is 0 Å². The second-order valence-electron chi connectivity index (χ2n) is 4.85. The first-order chi connectivity index (χ1) is 9.63. The molecule has 0 aliphatic carbocycles. The van der Waals surface area contributed by atoms with Crippen LogP contribution in [0.1, 0.15) is 36.5 Å². The second-order valence-corrected chi connectivity index (χ2v) is 4.85. The highest BCUT2D eigenvalue weighted by atomic mass is 19.2. The molecule has 0 spiro atoms. The summed E-state index contributed by atoms with van der Waals surface area (Å²) >= 11 is 0. The lowest BCUT2D eigenvalue weighted by molar-refractivity contribution is 0.00193. The molecule has 1 unspecified atom stereocenters. The molecule has 0 aromatic carbocycles. The van der Waals surface area contributed by atoms with Gasteiger partial charge in [0.05, 0.1) is 11.7 Å². The Bertz CT molecular complexity index is 482. The third-order valence-corrected chi connectivity index (χ3v) is 3.30. The quantitative estimate of drug-likeness (QED) is 0.797. The number of hydrogen-bond donors (Lipinski definition) is 0. The fraction of sp³-hybridized carbons (Fsp3) is 0.571. The summed E-state index contributed by atoms with van der Waals surface area (Å²) in [5.74, 6) is -2.94. The Kier molecular flexibility index (Phi) is 5.00. The number of pyridine rings is 1. The molecule has 1 aliphatic heterocycles. The van der Waals surface area contributed by atoms with Gasteiger partial charge in [-0.25, -0.2) is 9.37 Å². The van der Waals surface area contributed by atoms with E-state index in [1.54, 1.807) is 0 Å². The van der Waals surface area contributed by atoms with Crippen LogP contribution in [0.25, 0.3) is 0 Å². The van der Waals surface area contributed by atoms with Gasteiger partial charge in [-0.15, -0.1) is 0 Å². The van der Waals surface area contributed by atoms with Crippen molar-refractivity contribution < 1.29 is 18.3 Å². The highest BCUT2D eigenvalue weighted by molar-refractivity contribution is 5.94. The van der Waals surface area contributed by atoms with Gasteiger partial charge in [0.25, 0.3) is 5.91 Å². The lowest BCUT2D eigenvalue weighted by atomic mass is 10.1. The van der Waals surface area contributed by atoms with Crippen LogP contribution in [0, 0.1) is 11.8 Å². The second kappa shape index (κ2) is 6.74. The van der Waals surface area contributed by atoms with Crippen LogP contribution in [0.5, 0.6) is 0 Å². The Labute approximate surface area is 116 Å². The molecule has 1 aromatic heterocycles. The summed E-state index contributed by atoms with van der Waals surface area (Å²) < 4.78 is 32.3. The van der Waals surface area contributed by atoms with E-state index in [4.69, 9.17) is 4.74 Å². The molecule has 0 N–H and O–H groups in total. The molecule has 2 rings (SSSR count). The SMILES string of the molecule is CCCOC1CCCN(C(=O)c2ccnc(F)c2F)C1. The fourth-order valence-corrected chi connectivity index (χ4v) is 2.30. The monoisotopic (exact) mass is 284 g/mol. The number of halogens is 2. The summed E-state index contributed by atoms with van der Waals surface area (Å²) in [6.45, 7) is 3.61. The van der Waals surface area contributed by atoms with Crippen molar-refractivity contribution in [3.05, 3.63) is 29.6 Å². The normalized spacial score (nSPS) is 19.1. The van der Waals surface area contributed by atoms with Crippen molar-refractivity contribution in [1.29, 1.82) is 0 Å². The number of likely N-dealkylation sites (tertiary alicyclic amines) is 1. The van der Waals surface area contributed by atoms with Gasteiger partial charge in [-0.3, -0.25) is 4.79 Å². The van der Waals surface area contributed by atoms with Gasteiger partial charge in [0.15, 0.2) is 5.82 Å². The number of ether oxygens (including phenoxy) is 1. The van der Waals surface area contributed by atoms with E-state index in [9.17, 15) is 13.6 Å². The number of piperidine rings is 1. The summed E-state index contributed by atoms with van der Waals surface area (Å²) in [4.78, 5) is 16.9. The molecule has 1 atom stereocenters. The van der Waals surface area contributed by atoms with E-state index in [-0.39, 0.29) is 11.7 Å². The van der Waals surface area contributed by atoms with Crippen LogP contribution in [0.4, 0.5) is 8.78 Å². The van der Waals surface area contributed by atoms with Gasteiger partial charge in [-0.05, 0) is 25.3 Å². The first kappa shape index (κ1) is 14.8. The van der Waals surface area contributed by atoms with E-state index < -0.39 is 17.7 Å². The molecule has 0 bridgehead atoms. The van der Waals surface area contributed by atoms with Crippen LogP contribution in [0.3, 0.4) is 0 Å². The maximum absolute atomic E-state index is 13.6. The summed E-state index contributed by atoms with van der Waals surface area (Å²) in [6, 6.07) is 1.21. The minimum atomic E-state index is -1.24. The lowest BCUT2D eigenvalue weighted by Crippen LogP contribution is -2.43. The Balaban J connectivity index is 2.06. The number of rotatable bonds is 4. The Morgan fingerprint density at radius 1 is 1.55 bits per heavy atom. The smallest absolute Gasteiger partial charge is 0.257 e. The fourth-order valence-electron chi connectivity index (χ4n) is 2.30. The lowest BCUT2D eigenvalue weighted by Gasteiger charge is -2.32. The molecule has 4 nitrogen and oxygen atoms in total. The number of carbonyl (C=O) groups is 1. The van der Waals surface area contributed by atoms with Crippen molar-refractivity contribution in [1.82, 2.24) is 9.88 Å². The predicted molar refractivity (Wildman–Crippen MR) is 69.3 cm³/mol. The number of carbonyl (C=O) groups excluding carboxylic acids is 1. The molecule has 2 heterocycles. The van der Waals surface area contributed by atoms with E-state index in [2.05, 4.69) is 4.98 Å². The minimum Gasteiger partial charge on any atom is -0.376 e. The van der Waals surface area contributed by atoms with Crippen LogP contribution in [0.2, 0.25) is 0 Å². The van der Waals surface area contributed by atoms with Gasteiger partial charge in [-0.1, -0.05) is 6.92 Å². The van der Waals surface area contributed by atoms with E-state index in [1.807, 2.05) is 6.92 Å². The average Bonchev–Trinajstić information content (AvgIpc) is 2.47. The van der Waals surface area contributed by atoms with Gasteiger partial charge in [0.2, 0.25) is 5.95 Å². The molecule has 1 fully saturated rings. The van der Waals surface area contributed by atoms with Crippen molar-refractivity contribution in [2.45, 2.75) is 32.3 Å². The molecule has 6 heteroatoms. The summed E-state index contributed by atoms with van der Waals surface area (Å²) in [5, 5.41) is 0. The van der Waals surface area contributed by atoms with Crippen molar-refractivity contribution in [3.8, 4) is 0 Å². The van der Waals surface area contributed by atoms with Crippen molar-refractivity contribution >= 4 is 5.91 Å². The molecule has 1 aromatic rings. The minimum absolute atomic E-state index is 0.0256. The van der Waals surface area contributed by atoms with E-state index in [0.717, 1.165) is 25.5 Å². The van der Waals surface area contributed by atoms with E-state index in [1.165, 1.54) is 11.0 Å². The first-order valence-electron chi connectivity index (χ1n) is 6.84. The molecule has 1 aliphatic rings. The van der Waals surface area contributed by atoms with E-state index >= 15 is 0 Å². The Morgan fingerprint density at radius 3 is 3.10 bits per heavy atom. The largest absolute Gasteiger partial charge is 0.376 e. The van der Waals surface area contributed by atoms with Crippen LogP contribution < -0.4 is 0 Å². The van der Waals surface area contributed by atoms with Gasteiger partial charge in [0.1, 0.15) is 0 Å². The third-order valence-electron chi connectivity index (χ3n) is 3.30. The van der Waals surface area contributed by atoms with Gasteiger partial charge >= 0.3 is 0 Å². The molecular formula is C14H18F2N2O2. The van der Waals surface area contributed by atoms with Crippen LogP contribution in [-0.2, 0) is 4.74 Å². The molecular weight excluding hydrogens is 266 g/mol. The summed E-state index contributed by atoms with van der Waals surface area (Å²) in [7, 11) is 0. The zero-order valence-electron chi connectivity index (χ0n) is 11.4. The highest BCUT2D eigenvalue weighted by Gasteiger charge is 2.27. The van der Waals surface area contributed by atoms with Gasteiger partial charge in [-0.2, -0.15) is 4.39 Å². The van der Waals surface area contributed by atoms with Crippen LogP contribution in [0.15, 0.2) is 12.3 Å². The summed E-state index contributed by atoms with van der Waals surface area (Å²) in [6.07, 6.45) is 3.67. The number of amides is 1. The van der Waals surface area contributed by atoms with Crippen molar-refractivity contribution in [2.75, 3.05) is 19.7 Å². The van der Waals surface area contributed by atoms with Crippen LogP contribution >= 0.6 is 0 Å². The Morgan fingerprint density at radius 2 is 2.35 bits per heavy atom. The molecule has 0 saturated carbocycles. The third kappa shape index (κ3) is 3.30. The number of aromatic nitrogens is 1. The molecule has 1 saturated heterocycles. The van der Waals surface area contributed by atoms with Crippen LogP contribution in [-0.4, -0.2) is 41.6 Å².